The molecule has 0 aromatic carbocycles. The lowest BCUT2D eigenvalue weighted by Crippen LogP contribution is -2.09. The number of hydrogen-bond donors (Lipinski definition) is 4. The van der Waals surface area contributed by atoms with Gasteiger partial charge in [0.1, 0.15) is 6.29 Å². The molecule has 4 N–H and O–H groups in total. The van der Waals surface area contributed by atoms with Gasteiger partial charge in [-0.3, -0.25) is 9.13 Å². The molecule has 0 heterocycles. The van der Waals surface area contributed by atoms with E-state index in [1.165, 1.54) is 0 Å². The zero-order valence-corrected chi connectivity index (χ0v) is 8.27. The van der Waals surface area contributed by atoms with Crippen LogP contribution in [0.2, 0.25) is 0 Å². The monoisotopic (exact) mass is 232 g/mol. The summed E-state index contributed by atoms with van der Waals surface area (Å²) in [5.41, 5.74) is 0. The van der Waals surface area contributed by atoms with Crippen molar-refractivity contribution in [1.29, 1.82) is 0 Å². The fourth-order valence-corrected chi connectivity index (χ4v) is 3.29. The summed E-state index contributed by atoms with van der Waals surface area (Å²) in [6.45, 7) is 0. The van der Waals surface area contributed by atoms with Crippen LogP contribution in [0.15, 0.2) is 0 Å². The van der Waals surface area contributed by atoms with E-state index >= 15 is 0 Å². The highest BCUT2D eigenvalue weighted by atomic mass is 31.2. The highest BCUT2D eigenvalue weighted by Crippen LogP contribution is 2.61. The van der Waals surface area contributed by atoms with Crippen LogP contribution in [0.5, 0.6) is 0 Å². The van der Waals surface area contributed by atoms with Crippen molar-refractivity contribution in [3.8, 4) is 0 Å². The topological polar surface area (TPSA) is 132 Å². The molecule has 0 aliphatic rings. The Morgan fingerprint density at radius 1 is 1.08 bits per heavy atom. The van der Waals surface area contributed by atoms with Gasteiger partial charge < -0.3 is 24.4 Å². The number of rotatable bonds is 5. The Morgan fingerprint density at radius 2 is 1.46 bits per heavy atom. The van der Waals surface area contributed by atoms with E-state index in [2.05, 4.69) is 0 Å². The summed E-state index contributed by atoms with van der Waals surface area (Å²) in [5.74, 6) is 0. The smallest absolute Gasteiger partial charge is 0.324 e. The summed E-state index contributed by atoms with van der Waals surface area (Å²) >= 11 is 0. The molecule has 0 radical (unpaired) electrons. The summed E-state index contributed by atoms with van der Waals surface area (Å²) in [7, 11) is -9.70. The maximum Gasteiger partial charge on any atom is 0.340 e. The second kappa shape index (κ2) is 4.46. The van der Waals surface area contributed by atoms with Crippen molar-refractivity contribution in [3.05, 3.63) is 0 Å². The third-order valence-corrected chi connectivity index (χ3v) is 5.19. The van der Waals surface area contributed by atoms with E-state index in [1.54, 1.807) is 0 Å². The van der Waals surface area contributed by atoms with Gasteiger partial charge in [-0.15, -0.1) is 0 Å². The van der Waals surface area contributed by atoms with Crippen LogP contribution in [-0.4, -0.2) is 31.3 Å². The van der Waals surface area contributed by atoms with Crippen LogP contribution >= 0.6 is 15.2 Å². The molecule has 0 aliphatic heterocycles. The van der Waals surface area contributed by atoms with Crippen LogP contribution in [0.1, 0.15) is 12.8 Å². The van der Waals surface area contributed by atoms with Crippen molar-refractivity contribution in [2.45, 2.75) is 18.2 Å². The fraction of sp³-hybridized carbons (Fsp3) is 0.750. The van der Waals surface area contributed by atoms with Gasteiger partial charge >= 0.3 is 15.2 Å². The number of hydrogen-bond acceptors (Lipinski definition) is 3. The normalized spacial score (nSPS) is 13.3. The maximum atomic E-state index is 10.6. The second-order valence-corrected chi connectivity index (χ2v) is 6.41. The molecule has 0 fully saturated rings. The Hall–Kier alpha value is -0.0300. The fourth-order valence-electron chi connectivity index (χ4n) is 0.749. The molecule has 0 aromatic rings. The minimum Gasteiger partial charge on any atom is -0.324 e. The van der Waals surface area contributed by atoms with Gasteiger partial charge in [0, 0.05) is 6.42 Å². The van der Waals surface area contributed by atoms with E-state index in [0.717, 1.165) is 0 Å². The minimum atomic E-state index is -4.85. The van der Waals surface area contributed by atoms with Crippen LogP contribution in [0.4, 0.5) is 0 Å². The Morgan fingerprint density at radius 3 is 1.69 bits per heavy atom. The van der Waals surface area contributed by atoms with E-state index in [4.69, 9.17) is 19.6 Å². The average molecular weight is 232 g/mol. The molecular formula is C4H10O7P2. The van der Waals surface area contributed by atoms with Gasteiger partial charge in [0.2, 0.25) is 0 Å². The van der Waals surface area contributed by atoms with Crippen LogP contribution in [0.3, 0.4) is 0 Å². The van der Waals surface area contributed by atoms with Gasteiger partial charge in [-0.2, -0.15) is 0 Å². The number of aldehydes is 1. The molecule has 0 spiro atoms. The SMILES string of the molecule is O=CCCC(P(=O)(O)O)P(=O)(O)O. The van der Waals surface area contributed by atoms with Crippen molar-refractivity contribution in [1.82, 2.24) is 0 Å². The molecule has 0 saturated heterocycles. The molecule has 0 unspecified atom stereocenters. The largest absolute Gasteiger partial charge is 0.340 e. The zero-order chi connectivity index (χ0) is 10.7. The number of carbonyl (C=O) groups is 1. The van der Waals surface area contributed by atoms with Crippen molar-refractivity contribution in [3.63, 3.8) is 0 Å². The van der Waals surface area contributed by atoms with Crippen molar-refractivity contribution in [2.75, 3.05) is 0 Å². The standard InChI is InChI=1S/C4H10O7P2/c5-3-1-2-4(12(6,7)8)13(9,10)11/h3-4H,1-2H2,(H2,6,7,8)(H2,9,10,11). The first-order valence-electron chi connectivity index (χ1n) is 3.23. The van der Waals surface area contributed by atoms with Gasteiger partial charge in [-0.05, 0) is 6.42 Å². The molecule has 7 nitrogen and oxygen atoms in total. The third kappa shape index (κ3) is 4.67. The molecule has 0 rings (SSSR count). The molecule has 13 heavy (non-hydrogen) atoms. The van der Waals surface area contributed by atoms with E-state index in [1.807, 2.05) is 0 Å². The minimum absolute atomic E-state index is 0.291. The van der Waals surface area contributed by atoms with E-state index in [-0.39, 0.29) is 6.42 Å². The van der Waals surface area contributed by atoms with Crippen molar-refractivity contribution >= 4 is 21.5 Å². The van der Waals surface area contributed by atoms with E-state index in [9.17, 15) is 13.9 Å². The molecule has 0 saturated carbocycles. The molecule has 0 aliphatic carbocycles. The Labute approximate surface area is 74.1 Å². The predicted molar refractivity (Wildman–Crippen MR) is 43.2 cm³/mol. The summed E-state index contributed by atoms with van der Waals surface area (Å²) in [5, 5.41) is -2.06. The van der Waals surface area contributed by atoms with Gasteiger partial charge in [-0.1, -0.05) is 0 Å². The molecule has 0 aromatic heterocycles. The lowest BCUT2D eigenvalue weighted by atomic mass is 10.4. The average Bonchev–Trinajstić information content (AvgIpc) is 1.81. The summed E-state index contributed by atoms with van der Waals surface area (Å²) in [6.07, 6.45) is -0.461. The summed E-state index contributed by atoms with van der Waals surface area (Å²) in [4.78, 5) is 44.0. The zero-order valence-electron chi connectivity index (χ0n) is 6.48. The molecule has 0 amide bonds. The summed E-state index contributed by atoms with van der Waals surface area (Å²) < 4.78 is 21.1. The van der Waals surface area contributed by atoms with Crippen molar-refractivity contribution < 1.29 is 33.5 Å². The van der Waals surface area contributed by atoms with Gasteiger partial charge in [0.15, 0.2) is 5.40 Å². The lowest BCUT2D eigenvalue weighted by Gasteiger charge is -2.17. The molecule has 0 atom stereocenters. The first-order valence-corrected chi connectivity index (χ1v) is 6.60. The number of carbonyl (C=O) groups excluding carboxylic acids is 1. The first kappa shape index (κ1) is 13.0. The Kier molecular flexibility index (Phi) is 4.45. The Balaban J connectivity index is 4.68. The van der Waals surface area contributed by atoms with Gasteiger partial charge in [0.25, 0.3) is 0 Å². The highest BCUT2D eigenvalue weighted by Gasteiger charge is 2.42. The van der Waals surface area contributed by atoms with E-state index in [0.29, 0.717) is 6.29 Å². The van der Waals surface area contributed by atoms with Crippen LogP contribution in [0, 0.1) is 0 Å². The molecular weight excluding hydrogens is 222 g/mol. The van der Waals surface area contributed by atoms with Crippen LogP contribution in [-0.2, 0) is 13.9 Å². The maximum absolute atomic E-state index is 10.6. The molecule has 0 bridgehead atoms. The third-order valence-electron chi connectivity index (χ3n) is 1.32. The Bertz CT molecular complexity index is 240. The first-order chi connectivity index (χ1) is 5.69. The van der Waals surface area contributed by atoms with Crippen LogP contribution in [0.25, 0.3) is 0 Å². The quantitative estimate of drug-likeness (QED) is 0.376. The van der Waals surface area contributed by atoms with Crippen molar-refractivity contribution in [2.24, 2.45) is 0 Å². The van der Waals surface area contributed by atoms with Crippen LogP contribution < -0.4 is 0 Å². The van der Waals surface area contributed by atoms with Gasteiger partial charge in [-0.25, -0.2) is 0 Å². The highest BCUT2D eigenvalue weighted by molar-refractivity contribution is 7.70. The molecule has 9 heteroatoms. The second-order valence-electron chi connectivity index (χ2n) is 2.40. The predicted octanol–water partition coefficient (Wildman–Crippen LogP) is -0.353. The van der Waals surface area contributed by atoms with E-state index < -0.39 is 27.0 Å². The molecule has 78 valence electrons. The summed E-state index contributed by atoms with van der Waals surface area (Å²) in [6, 6.07) is 0. The lowest BCUT2D eigenvalue weighted by molar-refractivity contribution is -0.107. The van der Waals surface area contributed by atoms with Gasteiger partial charge in [0.05, 0.1) is 0 Å².